The number of piperidine rings is 1. The molecule has 0 N–H and O–H groups in total. The van der Waals surface area contributed by atoms with Crippen LogP contribution in [0.1, 0.15) is 59.8 Å². The van der Waals surface area contributed by atoms with E-state index in [4.69, 9.17) is 4.98 Å². The number of fused-ring (bicyclic) bond motifs is 3. The maximum absolute atomic E-state index is 13.4. The normalized spacial score (nSPS) is 22.4. The van der Waals surface area contributed by atoms with Crippen molar-refractivity contribution in [3.8, 4) is 11.4 Å². The number of rotatable bonds is 2. The van der Waals surface area contributed by atoms with Crippen LogP contribution in [0.4, 0.5) is 0 Å². The molecule has 0 saturated carbocycles. The number of hydrogen-bond donors (Lipinski definition) is 0. The molecule has 3 aliphatic rings. The van der Waals surface area contributed by atoms with Crippen LogP contribution in [0, 0.1) is 0 Å². The fraction of sp³-hybridized carbons (Fsp3) is 0.458. The first-order valence-electron chi connectivity index (χ1n) is 11.4. The van der Waals surface area contributed by atoms with E-state index in [-0.39, 0.29) is 11.3 Å². The summed E-state index contributed by atoms with van der Waals surface area (Å²) in [6.07, 6.45) is 9.17. The Bertz CT molecular complexity index is 1140. The van der Waals surface area contributed by atoms with Gasteiger partial charge in [0, 0.05) is 43.2 Å². The lowest BCUT2D eigenvalue weighted by atomic mass is 9.77. The number of carbonyl (C=O) groups excluding carboxylic acids is 1. The lowest BCUT2D eigenvalue weighted by Gasteiger charge is -2.40. The van der Waals surface area contributed by atoms with Crippen molar-refractivity contribution in [1.29, 1.82) is 0 Å². The predicted octanol–water partition coefficient (Wildman–Crippen LogP) is 3.19. The lowest BCUT2D eigenvalue weighted by molar-refractivity contribution is 0.0614. The Morgan fingerprint density at radius 3 is 2.77 bits per heavy atom. The molecule has 158 valence electrons. The van der Waals surface area contributed by atoms with E-state index in [0.717, 1.165) is 80.9 Å². The van der Waals surface area contributed by atoms with Crippen LogP contribution in [-0.4, -0.2) is 48.6 Å². The second-order valence-electron chi connectivity index (χ2n) is 9.09. The summed E-state index contributed by atoms with van der Waals surface area (Å²) in [7, 11) is 0. The highest BCUT2D eigenvalue weighted by molar-refractivity contribution is 5.91. The van der Waals surface area contributed by atoms with Crippen molar-refractivity contribution in [1.82, 2.24) is 29.6 Å². The topological polar surface area (TPSA) is 76.8 Å². The number of hydrogen-bond acceptors (Lipinski definition) is 5. The molecule has 7 nitrogen and oxygen atoms in total. The maximum atomic E-state index is 13.4. The van der Waals surface area contributed by atoms with Gasteiger partial charge in [-0.2, -0.15) is 0 Å². The van der Waals surface area contributed by atoms with E-state index in [1.807, 2.05) is 33.9 Å². The third kappa shape index (κ3) is 3.06. The number of aryl methyl sites for hydroxylation is 2. The van der Waals surface area contributed by atoms with Crippen molar-refractivity contribution in [2.45, 2.75) is 56.9 Å². The van der Waals surface area contributed by atoms with Gasteiger partial charge in [0.25, 0.3) is 5.91 Å². The average molecular weight is 415 g/mol. The number of likely N-dealkylation sites (tertiary alicyclic amines) is 1. The number of nitrogens with zero attached hydrogens (tertiary/aromatic N) is 6. The minimum absolute atomic E-state index is 0.0190. The zero-order valence-electron chi connectivity index (χ0n) is 17.6. The van der Waals surface area contributed by atoms with Gasteiger partial charge in [0.1, 0.15) is 5.82 Å². The molecule has 1 aromatic carbocycles. The first-order valence-corrected chi connectivity index (χ1v) is 11.4. The molecule has 2 aromatic heterocycles. The molecule has 1 saturated heterocycles. The quantitative estimate of drug-likeness (QED) is 0.644. The summed E-state index contributed by atoms with van der Waals surface area (Å²) >= 11 is 0. The van der Waals surface area contributed by atoms with Gasteiger partial charge < -0.3 is 9.47 Å². The third-order valence-electron chi connectivity index (χ3n) is 7.19. The number of amides is 1. The van der Waals surface area contributed by atoms with E-state index >= 15 is 0 Å². The molecule has 4 heterocycles. The number of benzene rings is 1. The summed E-state index contributed by atoms with van der Waals surface area (Å²) in [5.41, 5.74) is 3.32. The predicted molar refractivity (Wildman–Crippen MR) is 116 cm³/mol. The van der Waals surface area contributed by atoms with Crippen LogP contribution >= 0.6 is 0 Å². The fourth-order valence-corrected chi connectivity index (χ4v) is 5.58. The Balaban J connectivity index is 1.32. The SMILES string of the molecule is O=C(c1nnc2n1CCCC2)N1CCCC2(CCc3cnc(-c4ccccc4)nc32)C1. The Labute approximate surface area is 181 Å². The molecular weight excluding hydrogens is 388 g/mol. The molecule has 7 heteroatoms. The molecule has 0 radical (unpaired) electrons. The van der Waals surface area contributed by atoms with E-state index in [9.17, 15) is 4.79 Å². The van der Waals surface area contributed by atoms with Gasteiger partial charge in [-0.25, -0.2) is 9.97 Å². The van der Waals surface area contributed by atoms with Gasteiger partial charge in [-0.3, -0.25) is 4.79 Å². The van der Waals surface area contributed by atoms with Crippen LogP contribution in [0.5, 0.6) is 0 Å². The second-order valence-corrected chi connectivity index (χ2v) is 9.09. The van der Waals surface area contributed by atoms with E-state index in [2.05, 4.69) is 27.3 Å². The molecule has 1 unspecified atom stereocenters. The summed E-state index contributed by atoms with van der Waals surface area (Å²) in [5.74, 6) is 2.26. The molecule has 1 fully saturated rings. The molecule has 6 rings (SSSR count). The van der Waals surface area contributed by atoms with Gasteiger partial charge in [-0.1, -0.05) is 30.3 Å². The number of aromatic nitrogens is 5. The van der Waals surface area contributed by atoms with Crippen LogP contribution < -0.4 is 0 Å². The van der Waals surface area contributed by atoms with Gasteiger partial charge in [-0.15, -0.1) is 10.2 Å². The standard InChI is InChI=1S/C24H26N6O/c31-23(22-28-27-19-9-4-5-14-30(19)22)29-13-6-11-24(16-29)12-10-18-15-25-21(26-20(18)24)17-7-2-1-3-8-17/h1-3,7-8,15H,4-6,9-14,16H2. The second kappa shape index (κ2) is 7.25. The van der Waals surface area contributed by atoms with Gasteiger partial charge >= 0.3 is 0 Å². The molecule has 1 atom stereocenters. The maximum Gasteiger partial charge on any atom is 0.291 e. The van der Waals surface area contributed by atoms with Crippen LogP contribution in [0.3, 0.4) is 0 Å². The molecule has 2 aliphatic heterocycles. The van der Waals surface area contributed by atoms with Crippen molar-refractivity contribution >= 4 is 5.91 Å². The number of carbonyl (C=O) groups is 1. The largest absolute Gasteiger partial charge is 0.335 e. The summed E-state index contributed by atoms with van der Waals surface area (Å²) < 4.78 is 2.03. The van der Waals surface area contributed by atoms with Gasteiger partial charge in [0.15, 0.2) is 5.82 Å². The zero-order chi connectivity index (χ0) is 20.8. The van der Waals surface area contributed by atoms with Crippen molar-refractivity contribution in [3.63, 3.8) is 0 Å². The molecule has 3 aromatic rings. The van der Waals surface area contributed by atoms with E-state index in [0.29, 0.717) is 12.4 Å². The van der Waals surface area contributed by atoms with Crippen LogP contribution in [-0.2, 0) is 24.8 Å². The molecule has 31 heavy (non-hydrogen) atoms. The van der Waals surface area contributed by atoms with Crippen molar-refractivity contribution in [3.05, 3.63) is 59.4 Å². The van der Waals surface area contributed by atoms with Crippen molar-refractivity contribution in [2.24, 2.45) is 0 Å². The van der Waals surface area contributed by atoms with Gasteiger partial charge in [0.05, 0.1) is 5.69 Å². The summed E-state index contributed by atoms with van der Waals surface area (Å²) in [6.45, 7) is 2.32. The van der Waals surface area contributed by atoms with Crippen LogP contribution in [0.25, 0.3) is 11.4 Å². The Morgan fingerprint density at radius 2 is 1.87 bits per heavy atom. The van der Waals surface area contributed by atoms with Crippen molar-refractivity contribution < 1.29 is 4.79 Å². The molecule has 1 amide bonds. The van der Waals surface area contributed by atoms with Crippen LogP contribution in [0.15, 0.2) is 36.5 Å². The highest BCUT2D eigenvalue weighted by Gasteiger charge is 2.45. The monoisotopic (exact) mass is 414 g/mol. The molecular formula is C24H26N6O. The molecule has 0 bridgehead atoms. The Kier molecular flexibility index (Phi) is 4.37. The average Bonchev–Trinajstić information content (AvgIpc) is 3.41. The highest BCUT2D eigenvalue weighted by atomic mass is 16.2. The summed E-state index contributed by atoms with van der Waals surface area (Å²) in [5, 5.41) is 8.57. The first kappa shape index (κ1) is 18.7. The van der Waals surface area contributed by atoms with E-state index in [1.54, 1.807) is 0 Å². The minimum atomic E-state index is -0.0829. The molecule has 1 aliphatic carbocycles. The Hall–Kier alpha value is -3.09. The van der Waals surface area contributed by atoms with E-state index in [1.165, 1.54) is 5.56 Å². The smallest absolute Gasteiger partial charge is 0.291 e. The van der Waals surface area contributed by atoms with Crippen molar-refractivity contribution in [2.75, 3.05) is 13.1 Å². The summed E-state index contributed by atoms with van der Waals surface area (Å²) in [4.78, 5) is 25.1. The highest BCUT2D eigenvalue weighted by Crippen LogP contribution is 2.44. The Morgan fingerprint density at radius 1 is 0.968 bits per heavy atom. The van der Waals surface area contributed by atoms with Gasteiger partial charge in [-0.05, 0) is 44.1 Å². The fourth-order valence-electron chi connectivity index (χ4n) is 5.58. The van der Waals surface area contributed by atoms with Crippen LogP contribution in [0.2, 0.25) is 0 Å². The van der Waals surface area contributed by atoms with Gasteiger partial charge in [0.2, 0.25) is 5.82 Å². The molecule has 1 spiro atoms. The first-order chi connectivity index (χ1) is 15.2. The minimum Gasteiger partial charge on any atom is -0.335 e. The lowest BCUT2D eigenvalue weighted by Crippen LogP contribution is -2.48. The van der Waals surface area contributed by atoms with E-state index < -0.39 is 0 Å². The zero-order valence-corrected chi connectivity index (χ0v) is 17.6. The summed E-state index contributed by atoms with van der Waals surface area (Å²) in [6, 6.07) is 10.1. The third-order valence-corrected chi connectivity index (χ3v) is 7.19.